The number of rotatable bonds is 4. The molecule has 2 aromatic carbocycles. The second-order valence-electron chi connectivity index (χ2n) is 8.84. The number of amides is 5. The first-order valence-electron chi connectivity index (χ1n) is 12.2. The van der Waals surface area contributed by atoms with E-state index in [0.717, 1.165) is 32.8 Å². The largest absolute Gasteiger partial charge is 0.468 e. The number of benzene rings is 2. The summed E-state index contributed by atoms with van der Waals surface area (Å²) in [4.78, 5) is 43.6. The van der Waals surface area contributed by atoms with Gasteiger partial charge in [-0.25, -0.2) is 19.5 Å². The van der Waals surface area contributed by atoms with Crippen molar-refractivity contribution in [3.8, 4) is 11.1 Å². The summed E-state index contributed by atoms with van der Waals surface area (Å²) >= 11 is 0. The Bertz CT molecular complexity index is 1340. The SMILES string of the molecule is CNC(=O)N(C(=N)OC)c1ccc(-c2ccnc(N3CC(C)N(c4cccc(C)c4)C3=O)c2C)cc1.NC=O. The number of hydrogen-bond donors (Lipinski definition) is 3. The van der Waals surface area contributed by atoms with Crippen molar-refractivity contribution in [2.24, 2.45) is 5.73 Å². The summed E-state index contributed by atoms with van der Waals surface area (Å²) in [5, 5.41) is 10.5. The zero-order valence-electron chi connectivity index (χ0n) is 22.6. The van der Waals surface area contributed by atoms with Crippen LogP contribution in [0.4, 0.5) is 26.8 Å². The summed E-state index contributed by atoms with van der Waals surface area (Å²) in [6.07, 6.45) is 1.95. The molecule has 11 heteroatoms. The van der Waals surface area contributed by atoms with Crippen LogP contribution in [0, 0.1) is 19.3 Å². The number of aromatic nitrogens is 1. The van der Waals surface area contributed by atoms with Crippen LogP contribution in [0.3, 0.4) is 0 Å². The van der Waals surface area contributed by atoms with Gasteiger partial charge in [-0.2, -0.15) is 0 Å². The predicted molar refractivity (Wildman–Crippen MR) is 152 cm³/mol. The van der Waals surface area contributed by atoms with Crippen LogP contribution in [0.15, 0.2) is 60.8 Å². The minimum absolute atomic E-state index is 0.00441. The molecule has 0 aliphatic carbocycles. The molecule has 4 rings (SSSR count). The highest BCUT2D eigenvalue weighted by molar-refractivity contribution is 6.12. The molecule has 1 saturated heterocycles. The van der Waals surface area contributed by atoms with Gasteiger partial charge in [0.1, 0.15) is 5.82 Å². The van der Waals surface area contributed by atoms with Crippen LogP contribution in [-0.2, 0) is 9.53 Å². The number of methoxy groups -OCH3 is 1. The first-order chi connectivity index (χ1) is 18.7. The minimum Gasteiger partial charge on any atom is -0.468 e. The number of nitrogens with one attached hydrogen (secondary N) is 2. The van der Waals surface area contributed by atoms with E-state index >= 15 is 0 Å². The number of nitrogens with zero attached hydrogens (tertiary/aromatic N) is 4. The Labute approximate surface area is 227 Å². The maximum absolute atomic E-state index is 13.5. The van der Waals surface area contributed by atoms with Crippen LogP contribution in [0.25, 0.3) is 11.1 Å². The van der Waals surface area contributed by atoms with Gasteiger partial charge in [-0.1, -0.05) is 24.3 Å². The smallest absolute Gasteiger partial charge is 0.330 e. The normalized spacial score (nSPS) is 14.3. The van der Waals surface area contributed by atoms with E-state index in [1.54, 1.807) is 23.2 Å². The fourth-order valence-electron chi connectivity index (χ4n) is 4.49. The summed E-state index contributed by atoms with van der Waals surface area (Å²) in [5.74, 6) is 0.622. The molecule has 1 aliphatic heterocycles. The van der Waals surface area contributed by atoms with Crippen molar-refractivity contribution in [1.82, 2.24) is 10.3 Å². The lowest BCUT2D eigenvalue weighted by atomic mass is 10.0. The zero-order chi connectivity index (χ0) is 28.7. The summed E-state index contributed by atoms with van der Waals surface area (Å²) in [7, 11) is 2.84. The van der Waals surface area contributed by atoms with Gasteiger partial charge < -0.3 is 15.8 Å². The molecule has 0 saturated carbocycles. The number of urea groups is 2. The van der Waals surface area contributed by atoms with Gasteiger partial charge in [-0.05, 0) is 73.4 Å². The molecule has 0 bridgehead atoms. The van der Waals surface area contributed by atoms with E-state index in [2.05, 4.69) is 16.0 Å². The second kappa shape index (κ2) is 12.5. The van der Waals surface area contributed by atoms with Crippen LogP contribution >= 0.6 is 0 Å². The van der Waals surface area contributed by atoms with Crippen molar-refractivity contribution in [1.29, 1.82) is 5.41 Å². The predicted octanol–water partition coefficient (Wildman–Crippen LogP) is 4.03. The monoisotopic (exact) mass is 531 g/mol. The number of primary amides is 1. The number of anilines is 3. The number of nitrogens with two attached hydrogens (primary N) is 1. The third-order valence-electron chi connectivity index (χ3n) is 6.29. The van der Waals surface area contributed by atoms with E-state index in [-0.39, 0.29) is 24.5 Å². The Morgan fingerprint density at radius 1 is 1.21 bits per heavy atom. The molecule has 11 nitrogen and oxygen atoms in total. The van der Waals surface area contributed by atoms with Crippen molar-refractivity contribution in [2.45, 2.75) is 26.8 Å². The standard InChI is InChI=1S/C27H30N6O3.CH3NO/c1-17-7-6-8-22(15-17)32-18(2)16-31(27(32)35)24-19(3)23(13-14-30-24)20-9-11-21(12-10-20)33(25(28)36-5)26(34)29-4;2-1-3/h6-15,18,28H,16H2,1-5H3,(H,29,34);1H,(H2,2,3). The average Bonchev–Trinajstić information content (AvgIpc) is 3.22. The summed E-state index contributed by atoms with van der Waals surface area (Å²) in [6, 6.07) is 16.2. The number of aryl methyl sites for hydroxylation is 1. The Morgan fingerprint density at radius 3 is 2.46 bits per heavy atom. The Kier molecular flexibility index (Phi) is 9.21. The second-order valence-corrected chi connectivity index (χ2v) is 8.84. The first-order valence-corrected chi connectivity index (χ1v) is 12.2. The first kappa shape index (κ1) is 28.6. The zero-order valence-corrected chi connectivity index (χ0v) is 22.6. The van der Waals surface area contributed by atoms with E-state index in [0.29, 0.717) is 18.1 Å². The fourth-order valence-corrected chi connectivity index (χ4v) is 4.49. The van der Waals surface area contributed by atoms with Gasteiger partial charge >= 0.3 is 12.1 Å². The highest BCUT2D eigenvalue weighted by atomic mass is 16.5. The van der Waals surface area contributed by atoms with E-state index in [4.69, 9.17) is 14.9 Å². The molecule has 5 amide bonds. The van der Waals surface area contributed by atoms with E-state index in [9.17, 15) is 9.59 Å². The van der Waals surface area contributed by atoms with Crippen molar-refractivity contribution < 1.29 is 19.1 Å². The molecule has 1 unspecified atom stereocenters. The topological polar surface area (TPSA) is 145 Å². The van der Waals surface area contributed by atoms with Gasteiger partial charge in [0, 0.05) is 25.5 Å². The molecule has 2 heterocycles. The number of pyridine rings is 1. The number of carbonyl (C=O) groups is 3. The quantitative estimate of drug-likeness (QED) is 0.264. The lowest BCUT2D eigenvalue weighted by molar-refractivity contribution is -0.106. The molecule has 3 aromatic rings. The Balaban J connectivity index is 0.00000134. The number of carbonyl (C=O) groups excluding carboxylic acids is 3. The molecule has 39 heavy (non-hydrogen) atoms. The van der Waals surface area contributed by atoms with E-state index < -0.39 is 6.03 Å². The van der Waals surface area contributed by atoms with Crippen molar-refractivity contribution in [3.05, 3.63) is 71.9 Å². The van der Waals surface area contributed by atoms with Crippen molar-refractivity contribution in [3.63, 3.8) is 0 Å². The maximum Gasteiger partial charge on any atom is 0.330 e. The summed E-state index contributed by atoms with van der Waals surface area (Å²) < 4.78 is 4.96. The molecule has 1 fully saturated rings. The maximum atomic E-state index is 13.5. The average molecular weight is 532 g/mol. The van der Waals surface area contributed by atoms with Crippen LogP contribution in [0.2, 0.25) is 0 Å². The third kappa shape index (κ3) is 5.98. The lowest BCUT2D eigenvalue weighted by Gasteiger charge is -2.22. The van der Waals surface area contributed by atoms with Crippen LogP contribution < -0.4 is 25.8 Å². The molecule has 204 valence electrons. The highest BCUT2D eigenvalue weighted by Gasteiger charge is 2.38. The molecule has 0 radical (unpaired) electrons. The molecular weight excluding hydrogens is 498 g/mol. The molecule has 1 atom stereocenters. The number of ether oxygens (including phenoxy) is 1. The fraction of sp³-hybridized carbons (Fsp3) is 0.250. The van der Waals surface area contributed by atoms with E-state index in [1.165, 1.54) is 14.2 Å². The van der Waals surface area contributed by atoms with Gasteiger partial charge in [0.25, 0.3) is 6.02 Å². The van der Waals surface area contributed by atoms with Crippen LogP contribution in [0.1, 0.15) is 18.1 Å². The van der Waals surface area contributed by atoms with Crippen LogP contribution in [-0.4, -0.2) is 56.2 Å². The summed E-state index contributed by atoms with van der Waals surface area (Å²) in [6.45, 7) is 6.53. The van der Waals surface area contributed by atoms with E-state index in [1.807, 2.05) is 68.1 Å². The summed E-state index contributed by atoms with van der Waals surface area (Å²) in [5.41, 5.74) is 9.34. The lowest BCUT2D eigenvalue weighted by Crippen LogP contribution is -2.43. The molecule has 1 aromatic heterocycles. The minimum atomic E-state index is -0.475. The van der Waals surface area contributed by atoms with Gasteiger partial charge in [-0.15, -0.1) is 0 Å². The number of amidine groups is 1. The molecule has 1 aliphatic rings. The van der Waals surface area contributed by atoms with Gasteiger partial charge in [0.15, 0.2) is 0 Å². The van der Waals surface area contributed by atoms with Crippen LogP contribution in [0.5, 0.6) is 0 Å². The highest BCUT2D eigenvalue weighted by Crippen LogP contribution is 2.34. The molecular formula is C28H33N7O4. The Morgan fingerprint density at radius 2 is 1.87 bits per heavy atom. The van der Waals surface area contributed by atoms with Crippen molar-refractivity contribution >= 4 is 41.7 Å². The number of hydrogen-bond acceptors (Lipinski definition) is 6. The molecule has 0 spiro atoms. The van der Waals surface area contributed by atoms with Crippen molar-refractivity contribution in [2.75, 3.05) is 35.4 Å². The van der Waals surface area contributed by atoms with Gasteiger partial charge in [0.05, 0.1) is 18.8 Å². The van der Waals surface area contributed by atoms with Gasteiger partial charge in [0.2, 0.25) is 6.41 Å². The Hall–Kier alpha value is -4.93. The third-order valence-corrected chi connectivity index (χ3v) is 6.29. The van der Waals surface area contributed by atoms with Gasteiger partial charge in [-0.3, -0.25) is 20.0 Å². The molecule has 4 N–H and O–H groups in total.